The molecule has 16 heavy (non-hydrogen) atoms. The third-order valence-electron chi connectivity index (χ3n) is 2.10. The van der Waals surface area contributed by atoms with Crippen LogP contribution in [0.25, 0.3) is 0 Å². The van der Waals surface area contributed by atoms with Crippen LogP contribution in [0, 0.1) is 11.3 Å². The Hall–Kier alpha value is -1.57. The first kappa shape index (κ1) is 12.5. The van der Waals surface area contributed by atoms with Crippen LogP contribution in [0.2, 0.25) is 0 Å². The summed E-state index contributed by atoms with van der Waals surface area (Å²) in [7, 11) is 0. The zero-order valence-corrected chi connectivity index (χ0v) is 9.13. The minimum atomic E-state index is -1.42. The van der Waals surface area contributed by atoms with Crippen molar-refractivity contribution in [1.82, 2.24) is 0 Å². The molecule has 1 aromatic rings. The maximum Gasteiger partial charge on any atom is 0.170 e. The Morgan fingerprint density at radius 3 is 2.81 bits per heavy atom. The predicted molar refractivity (Wildman–Crippen MR) is 58.8 cm³/mol. The molecule has 0 aliphatic rings. The van der Waals surface area contributed by atoms with Crippen LogP contribution in [0.5, 0.6) is 5.75 Å². The number of ether oxygens (including phenoxy) is 1. The van der Waals surface area contributed by atoms with Gasteiger partial charge in [-0.05, 0) is 24.1 Å². The molecule has 0 bridgehead atoms. The summed E-state index contributed by atoms with van der Waals surface area (Å²) in [5.41, 5.74) is 0.475. The summed E-state index contributed by atoms with van der Waals surface area (Å²) in [6.07, 6.45) is -1.72. The van der Waals surface area contributed by atoms with Crippen molar-refractivity contribution in [2.24, 2.45) is 0 Å². The van der Waals surface area contributed by atoms with Gasteiger partial charge in [-0.1, -0.05) is 19.1 Å². The number of hydrogen-bond acceptors (Lipinski definition) is 4. The third-order valence-corrected chi connectivity index (χ3v) is 2.10. The van der Waals surface area contributed by atoms with E-state index in [-0.39, 0.29) is 0 Å². The largest absolute Gasteiger partial charge is 0.494 e. The lowest BCUT2D eigenvalue weighted by molar-refractivity contribution is 0.0526. The van der Waals surface area contributed by atoms with E-state index < -0.39 is 12.2 Å². The van der Waals surface area contributed by atoms with E-state index in [1.54, 1.807) is 30.3 Å². The van der Waals surface area contributed by atoms with Gasteiger partial charge in [-0.25, -0.2) is 0 Å². The molecule has 0 saturated carbocycles. The van der Waals surface area contributed by atoms with Crippen molar-refractivity contribution in [3.63, 3.8) is 0 Å². The van der Waals surface area contributed by atoms with Crippen molar-refractivity contribution < 1.29 is 14.9 Å². The molecule has 0 aliphatic heterocycles. The van der Waals surface area contributed by atoms with Gasteiger partial charge in [0.1, 0.15) is 11.9 Å². The van der Waals surface area contributed by atoms with Crippen LogP contribution >= 0.6 is 0 Å². The zero-order valence-electron chi connectivity index (χ0n) is 9.13. The van der Waals surface area contributed by atoms with Crippen LogP contribution in [0.1, 0.15) is 25.0 Å². The van der Waals surface area contributed by atoms with E-state index >= 15 is 0 Å². The van der Waals surface area contributed by atoms with Crippen molar-refractivity contribution in [2.75, 3.05) is 6.61 Å². The van der Waals surface area contributed by atoms with E-state index in [0.717, 1.165) is 6.42 Å². The normalized spacial score (nSPS) is 13.9. The first-order valence-electron chi connectivity index (χ1n) is 5.17. The van der Waals surface area contributed by atoms with Gasteiger partial charge in [-0.3, -0.25) is 0 Å². The van der Waals surface area contributed by atoms with Gasteiger partial charge in [0, 0.05) is 0 Å². The lowest BCUT2D eigenvalue weighted by Gasteiger charge is -2.13. The minimum Gasteiger partial charge on any atom is -0.494 e. The Balaban J connectivity index is 2.78. The van der Waals surface area contributed by atoms with Crippen molar-refractivity contribution >= 4 is 0 Å². The topological polar surface area (TPSA) is 73.5 Å². The predicted octanol–water partition coefficient (Wildman–Crippen LogP) is 1.39. The Labute approximate surface area is 94.7 Å². The molecule has 2 N–H and O–H groups in total. The molecule has 0 spiro atoms. The fourth-order valence-corrected chi connectivity index (χ4v) is 1.26. The molecule has 4 heteroatoms. The van der Waals surface area contributed by atoms with Gasteiger partial charge in [0.25, 0.3) is 0 Å². The molecule has 0 saturated heterocycles. The highest BCUT2D eigenvalue weighted by Crippen LogP contribution is 2.21. The van der Waals surface area contributed by atoms with Crippen LogP contribution in [0.15, 0.2) is 24.3 Å². The van der Waals surface area contributed by atoms with E-state index in [4.69, 9.17) is 10.00 Å². The first-order valence-corrected chi connectivity index (χ1v) is 5.17. The standard InChI is InChI=1S/C12H15NO3/c1-2-6-16-10-5-3-4-9(7-10)12(15)11(14)8-13/h3-5,7,11-12,14-15H,2,6H2,1H3. The molecule has 0 heterocycles. The molecule has 0 aromatic heterocycles. The Morgan fingerprint density at radius 1 is 1.44 bits per heavy atom. The first-order chi connectivity index (χ1) is 7.69. The third kappa shape index (κ3) is 3.23. The summed E-state index contributed by atoms with van der Waals surface area (Å²) in [5.74, 6) is 0.628. The van der Waals surface area contributed by atoms with Gasteiger partial charge < -0.3 is 14.9 Å². The summed E-state index contributed by atoms with van der Waals surface area (Å²) < 4.78 is 5.38. The average Bonchev–Trinajstić information content (AvgIpc) is 2.34. The molecule has 2 unspecified atom stereocenters. The number of aliphatic hydroxyl groups is 2. The molecule has 0 radical (unpaired) electrons. The van der Waals surface area contributed by atoms with Gasteiger partial charge in [-0.15, -0.1) is 0 Å². The average molecular weight is 221 g/mol. The fraction of sp³-hybridized carbons (Fsp3) is 0.417. The van der Waals surface area contributed by atoms with Crippen molar-refractivity contribution in [1.29, 1.82) is 5.26 Å². The molecule has 1 rings (SSSR count). The van der Waals surface area contributed by atoms with Gasteiger partial charge in [0.05, 0.1) is 12.7 Å². The molecule has 0 fully saturated rings. The highest BCUT2D eigenvalue weighted by Gasteiger charge is 2.17. The molecule has 0 aliphatic carbocycles. The van der Waals surface area contributed by atoms with Crippen LogP contribution in [-0.4, -0.2) is 22.9 Å². The quantitative estimate of drug-likeness (QED) is 0.737. The molecule has 1 aromatic carbocycles. The van der Waals surface area contributed by atoms with Crippen molar-refractivity contribution in [3.05, 3.63) is 29.8 Å². The SMILES string of the molecule is CCCOc1cccc(C(O)C(O)C#N)c1. The number of rotatable bonds is 5. The van der Waals surface area contributed by atoms with E-state index in [9.17, 15) is 10.2 Å². The van der Waals surface area contributed by atoms with Crippen LogP contribution in [-0.2, 0) is 0 Å². The maximum atomic E-state index is 9.61. The van der Waals surface area contributed by atoms with E-state index in [2.05, 4.69) is 0 Å². The lowest BCUT2D eigenvalue weighted by Crippen LogP contribution is -2.15. The number of nitrogens with zero attached hydrogens (tertiary/aromatic N) is 1. The fourth-order valence-electron chi connectivity index (χ4n) is 1.26. The summed E-state index contributed by atoms with van der Waals surface area (Å²) in [4.78, 5) is 0. The monoisotopic (exact) mass is 221 g/mol. The second-order valence-electron chi connectivity index (χ2n) is 3.44. The number of benzene rings is 1. The lowest BCUT2D eigenvalue weighted by atomic mass is 10.1. The van der Waals surface area contributed by atoms with Gasteiger partial charge in [-0.2, -0.15) is 5.26 Å². The highest BCUT2D eigenvalue weighted by atomic mass is 16.5. The minimum absolute atomic E-state index is 0.475. The summed E-state index contributed by atoms with van der Waals surface area (Å²) in [5, 5.41) is 27.3. The zero-order chi connectivity index (χ0) is 12.0. The van der Waals surface area contributed by atoms with Crippen LogP contribution in [0.4, 0.5) is 0 Å². The number of aliphatic hydroxyl groups excluding tert-OH is 2. The highest BCUT2D eigenvalue weighted by molar-refractivity contribution is 5.31. The summed E-state index contributed by atoms with van der Waals surface area (Å²) >= 11 is 0. The van der Waals surface area contributed by atoms with Crippen molar-refractivity contribution in [2.45, 2.75) is 25.6 Å². The molecule has 86 valence electrons. The maximum absolute atomic E-state index is 9.61. The van der Waals surface area contributed by atoms with E-state index in [0.29, 0.717) is 17.9 Å². The van der Waals surface area contributed by atoms with Crippen molar-refractivity contribution in [3.8, 4) is 11.8 Å². The smallest absolute Gasteiger partial charge is 0.170 e. The van der Waals surface area contributed by atoms with Gasteiger partial charge in [0.2, 0.25) is 0 Å². The second-order valence-corrected chi connectivity index (χ2v) is 3.44. The summed E-state index contributed by atoms with van der Waals surface area (Å²) in [6, 6.07) is 8.34. The Kier molecular flexibility index (Phi) is 4.77. The Bertz CT molecular complexity index is 373. The van der Waals surface area contributed by atoms with Gasteiger partial charge in [0.15, 0.2) is 6.10 Å². The van der Waals surface area contributed by atoms with E-state index in [1.165, 1.54) is 0 Å². The van der Waals surface area contributed by atoms with Crippen LogP contribution < -0.4 is 4.74 Å². The number of hydrogen-bond donors (Lipinski definition) is 2. The molecule has 2 atom stereocenters. The van der Waals surface area contributed by atoms with Crippen LogP contribution in [0.3, 0.4) is 0 Å². The molecule has 0 amide bonds. The number of nitriles is 1. The summed E-state index contributed by atoms with van der Waals surface area (Å²) in [6.45, 7) is 2.60. The molecule has 4 nitrogen and oxygen atoms in total. The Morgan fingerprint density at radius 2 is 2.19 bits per heavy atom. The van der Waals surface area contributed by atoms with Gasteiger partial charge >= 0.3 is 0 Å². The van der Waals surface area contributed by atoms with E-state index in [1.807, 2.05) is 6.92 Å². The second kappa shape index (κ2) is 6.11. The molecular formula is C12H15NO3. The molecular weight excluding hydrogens is 206 g/mol.